The van der Waals surface area contributed by atoms with E-state index < -0.39 is 23.3 Å². The molecule has 0 aromatic heterocycles. The molecular formula is C35H44ClF3N6O4. The highest BCUT2D eigenvalue weighted by atomic mass is 35.5. The molecule has 10 nitrogen and oxygen atoms in total. The van der Waals surface area contributed by atoms with E-state index in [-0.39, 0.29) is 47.3 Å². The van der Waals surface area contributed by atoms with Gasteiger partial charge in [0.15, 0.2) is 0 Å². The van der Waals surface area contributed by atoms with Gasteiger partial charge in [-0.3, -0.25) is 14.5 Å². The van der Waals surface area contributed by atoms with E-state index in [0.29, 0.717) is 64.8 Å². The van der Waals surface area contributed by atoms with Crippen LogP contribution in [0.2, 0.25) is 5.02 Å². The molecule has 3 fully saturated rings. The molecule has 4 heterocycles. The van der Waals surface area contributed by atoms with Crippen molar-refractivity contribution in [2.75, 3.05) is 70.1 Å². The van der Waals surface area contributed by atoms with Crippen LogP contribution in [-0.4, -0.2) is 109 Å². The maximum Gasteiger partial charge on any atom is 0.418 e. The SMILES string of the molecule is Nc1c(Cl)cc(CC(CC(=O)N2CCC(N3CCc4ccccc4NC3=O)CC2)C(=O)N2CCC(N3CCOCC3)CC2)cc1C(F)(F)F. The lowest BCUT2D eigenvalue weighted by Gasteiger charge is -2.41. The Morgan fingerprint density at radius 3 is 2.29 bits per heavy atom. The van der Waals surface area contributed by atoms with Crippen molar-refractivity contribution in [3.63, 3.8) is 0 Å². The van der Waals surface area contributed by atoms with E-state index in [2.05, 4.69) is 10.2 Å². The zero-order valence-electron chi connectivity index (χ0n) is 27.5. The van der Waals surface area contributed by atoms with E-state index in [0.717, 1.165) is 49.7 Å². The number of anilines is 2. The van der Waals surface area contributed by atoms with Crippen LogP contribution < -0.4 is 11.1 Å². The summed E-state index contributed by atoms with van der Waals surface area (Å²) in [4.78, 5) is 48.6. The Balaban J connectivity index is 1.12. The largest absolute Gasteiger partial charge is 0.418 e. The Kier molecular flexibility index (Phi) is 10.9. The zero-order chi connectivity index (χ0) is 34.7. The van der Waals surface area contributed by atoms with E-state index in [1.54, 1.807) is 9.80 Å². The third-order valence-electron chi connectivity index (χ3n) is 10.5. The molecule has 4 aliphatic heterocycles. The molecule has 6 rings (SSSR count). The summed E-state index contributed by atoms with van der Waals surface area (Å²) in [6, 6.07) is 10.2. The zero-order valence-corrected chi connectivity index (χ0v) is 28.3. The van der Waals surface area contributed by atoms with Gasteiger partial charge in [-0.15, -0.1) is 0 Å². The predicted octanol–water partition coefficient (Wildman–Crippen LogP) is 4.89. The van der Waals surface area contributed by atoms with Gasteiger partial charge < -0.3 is 30.5 Å². The number of alkyl halides is 3. The molecule has 3 saturated heterocycles. The monoisotopic (exact) mass is 704 g/mol. The Morgan fingerprint density at radius 1 is 0.939 bits per heavy atom. The number of nitrogens with two attached hydrogens (primary N) is 1. The van der Waals surface area contributed by atoms with E-state index in [1.807, 2.05) is 29.2 Å². The van der Waals surface area contributed by atoms with Gasteiger partial charge in [0.05, 0.1) is 35.4 Å². The molecule has 1 atom stereocenters. The third kappa shape index (κ3) is 8.26. The van der Waals surface area contributed by atoms with Crippen LogP contribution in [0.4, 0.5) is 29.3 Å². The van der Waals surface area contributed by atoms with Crippen molar-refractivity contribution in [2.45, 2.75) is 63.2 Å². The van der Waals surface area contributed by atoms with E-state index in [1.165, 1.54) is 6.07 Å². The summed E-state index contributed by atoms with van der Waals surface area (Å²) < 4.78 is 46.9. The van der Waals surface area contributed by atoms with Gasteiger partial charge in [0.2, 0.25) is 11.8 Å². The van der Waals surface area contributed by atoms with Gasteiger partial charge in [-0.25, -0.2) is 4.79 Å². The summed E-state index contributed by atoms with van der Waals surface area (Å²) in [5, 5.41) is 2.77. The van der Waals surface area contributed by atoms with Gasteiger partial charge in [-0.2, -0.15) is 13.2 Å². The summed E-state index contributed by atoms with van der Waals surface area (Å²) in [6.07, 6.45) is -1.48. The number of ether oxygens (including phenoxy) is 1. The molecule has 14 heteroatoms. The fourth-order valence-electron chi connectivity index (χ4n) is 7.71. The maximum absolute atomic E-state index is 14.0. The Morgan fingerprint density at radius 2 is 1.59 bits per heavy atom. The second kappa shape index (κ2) is 15.1. The second-order valence-electron chi connectivity index (χ2n) is 13.5. The Labute approximate surface area is 289 Å². The molecule has 0 aliphatic carbocycles. The summed E-state index contributed by atoms with van der Waals surface area (Å²) in [7, 11) is 0. The summed E-state index contributed by atoms with van der Waals surface area (Å²) >= 11 is 6.14. The van der Waals surface area contributed by atoms with Gasteiger partial charge in [0.25, 0.3) is 0 Å². The second-order valence-corrected chi connectivity index (χ2v) is 13.9. The van der Waals surface area contributed by atoms with Crippen molar-refractivity contribution < 1.29 is 32.3 Å². The molecule has 4 aliphatic rings. The number of benzene rings is 2. The maximum atomic E-state index is 14.0. The first-order valence-corrected chi connectivity index (χ1v) is 17.5. The first-order chi connectivity index (χ1) is 23.5. The normalized spacial score (nSPS) is 20.8. The number of piperidine rings is 2. The number of hydrogen-bond acceptors (Lipinski definition) is 6. The fourth-order valence-corrected chi connectivity index (χ4v) is 7.96. The number of nitrogens with zero attached hydrogens (tertiary/aromatic N) is 4. The van der Waals surface area contributed by atoms with Gasteiger partial charge in [0, 0.05) is 70.0 Å². The number of likely N-dealkylation sites (tertiary alicyclic amines) is 2. The number of carbonyl (C=O) groups is 3. The van der Waals surface area contributed by atoms with Crippen molar-refractivity contribution >= 4 is 40.8 Å². The first-order valence-electron chi connectivity index (χ1n) is 17.2. The number of nitrogens with one attached hydrogen (secondary N) is 1. The summed E-state index contributed by atoms with van der Waals surface area (Å²) in [5.74, 6) is -1.35. The van der Waals surface area contributed by atoms with Crippen LogP contribution in [0.15, 0.2) is 36.4 Å². The molecule has 3 N–H and O–H groups in total. The van der Waals surface area contributed by atoms with Gasteiger partial charge >= 0.3 is 12.2 Å². The topological polar surface area (TPSA) is 111 Å². The minimum absolute atomic E-state index is 0.0405. The predicted molar refractivity (Wildman–Crippen MR) is 180 cm³/mol. The van der Waals surface area contributed by atoms with Crippen molar-refractivity contribution in [3.8, 4) is 0 Å². The minimum Gasteiger partial charge on any atom is -0.397 e. The van der Waals surface area contributed by atoms with Crippen LogP contribution in [0.5, 0.6) is 0 Å². The number of halogens is 4. The molecule has 0 saturated carbocycles. The third-order valence-corrected chi connectivity index (χ3v) is 10.8. The van der Waals surface area contributed by atoms with Gasteiger partial charge in [-0.05, 0) is 67.9 Å². The van der Waals surface area contributed by atoms with Crippen LogP contribution in [0.3, 0.4) is 0 Å². The van der Waals surface area contributed by atoms with Gasteiger partial charge in [0.1, 0.15) is 0 Å². The lowest BCUT2D eigenvalue weighted by molar-refractivity contribution is -0.143. The van der Waals surface area contributed by atoms with Gasteiger partial charge in [-0.1, -0.05) is 29.8 Å². The number of carbonyl (C=O) groups excluding carboxylic acids is 3. The average molecular weight is 705 g/mol. The first kappa shape index (κ1) is 35.3. The molecule has 2 aromatic rings. The number of urea groups is 1. The number of amides is 4. The van der Waals surface area contributed by atoms with E-state index in [9.17, 15) is 27.6 Å². The molecule has 49 heavy (non-hydrogen) atoms. The quantitative estimate of drug-likeness (QED) is 0.397. The van der Waals surface area contributed by atoms with Crippen LogP contribution in [-0.2, 0) is 33.3 Å². The van der Waals surface area contributed by atoms with Crippen molar-refractivity contribution in [1.82, 2.24) is 19.6 Å². The van der Waals surface area contributed by atoms with Crippen LogP contribution in [0, 0.1) is 5.92 Å². The molecule has 0 spiro atoms. The number of nitrogen functional groups attached to an aromatic ring is 1. The standard InChI is InChI=1S/C35H44ClF3N6O4/c36-29-21-23(20-28(32(29)40)35(37,38)39)19-25(33(47)44-12-6-26(7-13-44)42-15-17-49-18-16-42)22-31(46)43-10-8-27(9-11-43)45-14-5-24-3-1-2-4-30(24)41-34(45)48/h1-4,20-21,25-27H,5-19,22,40H2,(H,41,48). The molecule has 0 radical (unpaired) electrons. The van der Waals surface area contributed by atoms with Crippen molar-refractivity contribution in [3.05, 3.63) is 58.1 Å². The minimum atomic E-state index is -4.72. The average Bonchev–Trinajstić information content (AvgIpc) is 3.27. The van der Waals surface area contributed by atoms with E-state index in [4.69, 9.17) is 22.1 Å². The highest BCUT2D eigenvalue weighted by Gasteiger charge is 2.37. The van der Waals surface area contributed by atoms with E-state index >= 15 is 0 Å². The molecule has 4 amide bonds. The summed E-state index contributed by atoms with van der Waals surface area (Å²) in [6.45, 7) is 5.49. The highest BCUT2D eigenvalue weighted by Crippen LogP contribution is 2.38. The number of morpholine rings is 1. The van der Waals surface area contributed by atoms with Crippen LogP contribution in [0.25, 0.3) is 0 Å². The van der Waals surface area contributed by atoms with Crippen LogP contribution in [0.1, 0.15) is 48.8 Å². The van der Waals surface area contributed by atoms with Crippen LogP contribution >= 0.6 is 11.6 Å². The van der Waals surface area contributed by atoms with Crippen molar-refractivity contribution in [1.29, 1.82) is 0 Å². The molecular weight excluding hydrogens is 661 g/mol. The smallest absolute Gasteiger partial charge is 0.397 e. The van der Waals surface area contributed by atoms with Crippen molar-refractivity contribution in [2.24, 2.45) is 5.92 Å². The molecule has 0 bridgehead atoms. The number of para-hydroxylation sites is 1. The lowest BCUT2D eigenvalue weighted by atomic mass is 9.91. The number of hydrogen-bond donors (Lipinski definition) is 2. The lowest BCUT2D eigenvalue weighted by Crippen LogP contribution is -2.52. The number of fused-ring (bicyclic) bond motifs is 1. The summed E-state index contributed by atoms with van der Waals surface area (Å²) in [5.41, 5.74) is 6.15. The Hall–Kier alpha value is -3.55. The molecule has 1 unspecified atom stereocenters. The fraction of sp³-hybridized carbons (Fsp3) is 0.571. The highest BCUT2D eigenvalue weighted by molar-refractivity contribution is 6.33. The Bertz CT molecular complexity index is 1520. The molecule has 266 valence electrons. The molecule has 2 aromatic carbocycles. The number of rotatable bonds is 7.